The molecule has 2 aromatic rings. The number of benzene rings is 1. The minimum Gasteiger partial charge on any atom is -0.489 e. The molecule has 0 unspecified atom stereocenters. The molecule has 1 aliphatic carbocycles. The molecule has 146 valence electrons. The zero-order valence-corrected chi connectivity index (χ0v) is 17.3. The van der Waals surface area contributed by atoms with Crippen molar-refractivity contribution in [2.24, 2.45) is 10.8 Å². The Balaban J connectivity index is 1.76. The Kier molecular flexibility index (Phi) is 4.93. The number of carbonyl (C=O) groups is 1. The molecule has 0 saturated heterocycles. The van der Waals surface area contributed by atoms with Gasteiger partial charge in [0.2, 0.25) is 0 Å². The number of rotatable bonds is 4. The Bertz CT molecular complexity index is 923. The first kappa shape index (κ1) is 19.9. The van der Waals surface area contributed by atoms with Crippen LogP contribution in [0.5, 0.6) is 5.75 Å². The van der Waals surface area contributed by atoms with Crippen molar-refractivity contribution in [1.82, 2.24) is 10.3 Å². The van der Waals surface area contributed by atoms with Crippen molar-refractivity contribution in [2.45, 2.75) is 53.7 Å². The van der Waals surface area contributed by atoms with Crippen molar-refractivity contribution in [1.29, 1.82) is 5.26 Å². The Hall–Kier alpha value is -2.87. The molecule has 0 aliphatic heterocycles. The average molecular weight is 377 g/mol. The van der Waals surface area contributed by atoms with Crippen molar-refractivity contribution in [2.75, 3.05) is 0 Å². The number of nitrogens with one attached hydrogen (secondary N) is 1. The van der Waals surface area contributed by atoms with Crippen LogP contribution in [0.3, 0.4) is 0 Å². The zero-order chi connectivity index (χ0) is 20.7. The first-order chi connectivity index (χ1) is 13.1. The molecule has 28 heavy (non-hydrogen) atoms. The van der Waals surface area contributed by atoms with E-state index in [1.54, 1.807) is 18.3 Å². The summed E-state index contributed by atoms with van der Waals surface area (Å²) in [6, 6.07) is 11.3. The van der Waals surface area contributed by atoms with Crippen molar-refractivity contribution >= 4 is 5.91 Å². The molecular formula is C23H27N3O2. The second-order valence-corrected chi connectivity index (χ2v) is 8.86. The fraction of sp³-hybridized carbons (Fsp3) is 0.435. The first-order valence-corrected chi connectivity index (χ1v) is 9.48. The summed E-state index contributed by atoms with van der Waals surface area (Å²) < 4.78 is 6.32. The third-order valence-electron chi connectivity index (χ3n) is 5.83. The molecule has 1 aromatic carbocycles. The molecule has 0 atom stereocenters. The van der Waals surface area contributed by atoms with Crippen LogP contribution in [-0.4, -0.2) is 23.0 Å². The number of aryl methyl sites for hydroxylation is 2. The highest BCUT2D eigenvalue weighted by Crippen LogP contribution is 2.55. The third kappa shape index (κ3) is 3.35. The molecule has 1 heterocycles. The number of nitrogens with zero attached hydrogens (tertiary/aromatic N) is 2. The van der Waals surface area contributed by atoms with E-state index in [1.807, 2.05) is 32.0 Å². The molecule has 5 nitrogen and oxygen atoms in total. The van der Waals surface area contributed by atoms with Gasteiger partial charge in [0.25, 0.3) is 5.91 Å². The maximum atomic E-state index is 12.7. The van der Waals surface area contributed by atoms with Gasteiger partial charge in [-0.3, -0.25) is 9.78 Å². The highest BCUT2D eigenvalue weighted by Gasteiger charge is 2.64. The first-order valence-electron chi connectivity index (χ1n) is 9.48. The number of carbonyl (C=O) groups excluding carboxylic acids is 1. The van der Waals surface area contributed by atoms with Gasteiger partial charge in [-0.1, -0.05) is 33.8 Å². The summed E-state index contributed by atoms with van der Waals surface area (Å²) in [5.41, 5.74) is 2.47. The fourth-order valence-corrected chi connectivity index (χ4v) is 4.58. The Morgan fingerprint density at radius 1 is 1.14 bits per heavy atom. The van der Waals surface area contributed by atoms with Crippen LogP contribution in [0.15, 0.2) is 36.5 Å². The maximum Gasteiger partial charge on any atom is 0.270 e. The van der Waals surface area contributed by atoms with Crippen molar-refractivity contribution in [3.05, 3.63) is 58.9 Å². The van der Waals surface area contributed by atoms with E-state index < -0.39 is 0 Å². The molecule has 1 aliphatic rings. The topological polar surface area (TPSA) is 75.0 Å². The van der Waals surface area contributed by atoms with E-state index in [2.05, 4.69) is 44.1 Å². The number of hydrogen-bond donors (Lipinski definition) is 1. The van der Waals surface area contributed by atoms with Gasteiger partial charge in [0.15, 0.2) is 0 Å². The number of pyridine rings is 1. The summed E-state index contributed by atoms with van der Waals surface area (Å²) in [6.07, 6.45) is 1.62. The van der Waals surface area contributed by atoms with Crippen molar-refractivity contribution < 1.29 is 9.53 Å². The van der Waals surface area contributed by atoms with Crippen molar-refractivity contribution in [3.63, 3.8) is 0 Å². The summed E-state index contributed by atoms with van der Waals surface area (Å²) in [5, 5.41) is 12.3. The Labute approximate surface area is 166 Å². The fourth-order valence-electron chi connectivity index (χ4n) is 4.58. The van der Waals surface area contributed by atoms with E-state index in [-0.39, 0.29) is 28.9 Å². The van der Waals surface area contributed by atoms with Crippen molar-refractivity contribution in [3.8, 4) is 11.8 Å². The number of aromatic nitrogens is 1. The molecule has 1 aromatic heterocycles. The SMILES string of the molecule is Cc1ccc(C(=O)N[C@H]2C(C)(C)[C@H](Oc3ccc(C#N)c(C)c3)C2(C)C)nc1. The molecule has 0 bridgehead atoms. The van der Waals surface area contributed by atoms with E-state index in [0.717, 1.165) is 16.9 Å². The van der Waals surface area contributed by atoms with Crippen LogP contribution in [0.25, 0.3) is 0 Å². The maximum absolute atomic E-state index is 12.7. The van der Waals surface area contributed by atoms with Gasteiger partial charge in [-0.25, -0.2) is 0 Å². The lowest BCUT2D eigenvalue weighted by molar-refractivity contribution is -0.164. The molecule has 0 radical (unpaired) electrons. The van der Waals surface area contributed by atoms with Crippen LogP contribution >= 0.6 is 0 Å². The highest BCUT2D eigenvalue weighted by atomic mass is 16.5. The van der Waals surface area contributed by atoms with Gasteiger partial charge in [0.1, 0.15) is 17.5 Å². The van der Waals surface area contributed by atoms with Gasteiger partial charge < -0.3 is 10.1 Å². The van der Waals surface area contributed by atoms with E-state index >= 15 is 0 Å². The molecule has 5 heteroatoms. The van der Waals surface area contributed by atoms with E-state index in [0.29, 0.717) is 11.3 Å². The molecular weight excluding hydrogens is 350 g/mol. The standard InChI is InChI=1S/C23H27N3O2/c1-14-7-10-18(25-13-14)19(27)26-20-22(3,4)21(23(20,5)6)28-17-9-8-16(12-24)15(2)11-17/h7-11,13,20-21H,1-6H3,(H,26,27)/t20-,21-. The zero-order valence-electron chi connectivity index (χ0n) is 17.3. The lowest BCUT2D eigenvalue weighted by Gasteiger charge is -2.63. The van der Waals surface area contributed by atoms with Gasteiger partial charge in [-0.2, -0.15) is 5.26 Å². The monoisotopic (exact) mass is 377 g/mol. The number of nitriles is 1. The van der Waals surface area contributed by atoms with Gasteiger partial charge in [0, 0.05) is 23.1 Å². The van der Waals surface area contributed by atoms with Crippen LogP contribution in [0.4, 0.5) is 0 Å². The average Bonchev–Trinajstić information content (AvgIpc) is 2.64. The lowest BCUT2D eigenvalue weighted by Crippen LogP contribution is -2.74. The van der Waals surface area contributed by atoms with Crippen LogP contribution in [0.1, 0.15) is 54.9 Å². The molecule has 3 rings (SSSR count). The smallest absolute Gasteiger partial charge is 0.270 e. The highest BCUT2D eigenvalue weighted by molar-refractivity contribution is 5.92. The van der Waals surface area contributed by atoms with E-state index in [4.69, 9.17) is 10.00 Å². The number of amides is 1. The summed E-state index contributed by atoms with van der Waals surface area (Å²) in [4.78, 5) is 16.9. The molecule has 1 amide bonds. The van der Waals surface area contributed by atoms with Crippen LogP contribution < -0.4 is 10.1 Å². The lowest BCUT2D eigenvalue weighted by atomic mass is 9.49. The van der Waals surface area contributed by atoms with Crippen LogP contribution in [0, 0.1) is 36.0 Å². The number of ether oxygens (including phenoxy) is 1. The van der Waals surface area contributed by atoms with Gasteiger partial charge in [0.05, 0.1) is 11.6 Å². The van der Waals surface area contributed by atoms with Crippen LogP contribution in [-0.2, 0) is 0 Å². The van der Waals surface area contributed by atoms with E-state index in [9.17, 15) is 4.79 Å². The number of hydrogen-bond acceptors (Lipinski definition) is 4. The summed E-state index contributed by atoms with van der Waals surface area (Å²) in [6.45, 7) is 12.3. The predicted octanol–water partition coefficient (Wildman–Crippen LogP) is 4.18. The largest absolute Gasteiger partial charge is 0.489 e. The summed E-state index contributed by atoms with van der Waals surface area (Å²) >= 11 is 0. The second-order valence-electron chi connectivity index (χ2n) is 8.86. The predicted molar refractivity (Wildman–Crippen MR) is 108 cm³/mol. The normalized spacial score (nSPS) is 21.9. The quantitative estimate of drug-likeness (QED) is 0.867. The van der Waals surface area contributed by atoms with E-state index in [1.165, 1.54) is 0 Å². The Morgan fingerprint density at radius 3 is 2.36 bits per heavy atom. The molecule has 1 N–H and O–H groups in total. The van der Waals surface area contributed by atoms with Gasteiger partial charge in [-0.15, -0.1) is 0 Å². The molecule has 1 fully saturated rings. The third-order valence-corrected chi connectivity index (χ3v) is 5.83. The van der Waals surface area contributed by atoms with Gasteiger partial charge >= 0.3 is 0 Å². The molecule has 0 spiro atoms. The van der Waals surface area contributed by atoms with Gasteiger partial charge in [-0.05, 0) is 49.2 Å². The summed E-state index contributed by atoms with van der Waals surface area (Å²) in [7, 11) is 0. The Morgan fingerprint density at radius 2 is 1.82 bits per heavy atom. The van der Waals surface area contributed by atoms with Crippen LogP contribution in [0.2, 0.25) is 0 Å². The molecule has 1 saturated carbocycles. The second kappa shape index (κ2) is 6.94. The summed E-state index contributed by atoms with van der Waals surface area (Å²) in [5.74, 6) is 0.575. The minimum atomic E-state index is -0.258. The minimum absolute atomic E-state index is 0.0555.